The molecule has 3 heterocycles. The molecule has 3 aliphatic heterocycles. The second kappa shape index (κ2) is 19.0. The summed E-state index contributed by atoms with van der Waals surface area (Å²) in [6.07, 6.45) is 12.5. The van der Waals surface area contributed by atoms with Gasteiger partial charge in [0, 0.05) is 18.5 Å². The Bertz CT molecular complexity index is 598. The fraction of sp³-hybridized carbons (Fsp3) is 0.600. The normalized spacial score (nSPS) is 21.8. The van der Waals surface area contributed by atoms with Crippen molar-refractivity contribution >= 4 is 12.1 Å². The number of aliphatic hydroxyl groups is 1. The van der Waals surface area contributed by atoms with Crippen LogP contribution < -0.4 is 0 Å². The molecule has 5 heteroatoms. The second-order valence-corrected chi connectivity index (χ2v) is 6.69. The summed E-state index contributed by atoms with van der Waals surface area (Å²) in [5, 5.41) is 9.94. The number of rotatable bonds is 1. The van der Waals surface area contributed by atoms with E-state index in [1.165, 1.54) is 25.7 Å². The van der Waals surface area contributed by atoms with Gasteiger partial charge in [-0.2, -0.15) is 0 Å². The van der Waals surface area contributed by atoms with E-state index in [2.05, 4.69) is 49.1 Å². The average molecular weight is 420 g/mol. The standard InChI is InChI=1S/C10H13N3O.C8H14O.C3H8.C2H6.C2H4/c1-6-5-13-9(4-11-6)12-8(3)7(2)10(13)14;1-2-5-8-6-3-4-7-9-8;1-3-2;2*1-2/h4-5,10,14H,1-3H3;2,5,8H,3-4,6-7H2,1H3;3H2,1-2H3;1-2H3;1-2H2/b;5-2+;;;/t;8-;;;/m.1.../s1. The predicted molar refractivity (Wildman–Crippen MR) is 133 cm³/mol. The molecule has 0 aromatic carbocycles. The third-order valence-corrected chi connectivity index (χ3v) is 4.10. The van der Waals surface area contributed by atoms with Crippen LogP contribution in [0.25, 0.3) is 0 Å². The molecule has 172 valence electrons. The number of ether oxygens (including phenoxy) is 1. The monoisotopic (exact) mass is 419 g/mol. The van der Waals surface area contributed by atoms with Crippen molar-refractivity contribution < 1.29 is 9.84 Å². The van der Waals surface area contributed by atoms with Crippen LogP contribution in [0.5, 0.6) is 0 Å². The highest BCUT2D eigenvalue weighted by Gasteiger charge is 2.26. The Morgan fingerprint density at radius 3 is 2.30 bits per heavy atom. The fourth-order valence-electron chi connectivity index (χ4n) is 2.60. The first-order valence-electron chi connectivity index (χ1n) is 11.1. The quantitative estimate of drug-likeness (QED) is 0.485. The summed E-state index contributed by atoms with van der Waals surface area (Å²) in [6.45, 7) is 22.9. The maximum atomic E-state index is 9.94. The molecule has 0 aromatic rings. The van der Waals surface area contributed by atoms with E-state index in [4.69, 9.17) is 4.74 Å². The van der Waals surface area contributed by atoms with E-state index in [0.29, 0.717) is 11.9 Å². The first-order valence-corrected chi connectivity index (χ1v) is 11.1. The first-order chi connectivity index (χ1) is 14.4. The van der Waals surface area contributed by atoms with Crippen LogP contribution in [0.2, 0.25) is 0 Å². The summed E-state index contributed by atoms with van der Waals surface area (Å²) >= 11 is 0. The van der Waals surface area contributed by atoms with Crippen LogP contribution in [0.1, 0.15) is 81.1 Å². The molecule has 1 unspecified atom stereocenters. The van der Waals surface area contributed by atoms with Crippen LogP contribution in [0.15, 0.2) is 58.5 Å². The molecule has 2 atom stereocenters. The van der Waals surface area contributed by atoms with Gasteiger partial charge in [-0.05, 0) is 52.5 Å². The second-order valence-electron chi connectivity index (χ2n) is 6.69. The molecule has 1 fully saturated rings. The van der Waals surface area contributed by atoms with Crippen LogP contribution in [0.4, 0.5) is 0 Å². The van der Waals surface area contributed by atoms with Gasteiger partial charge in [-0.15, -0.1) is 13.2 Å². The number of aliphatic imine (C=N–C) groups is 2. The number of aliphatic hydroxyl groups excluding tert-OH is 1. The van der Waals surface area contributed by atoms with E-state index in [0.717, 1.165) is 23.6 Å². The zero-order valence-corrected chi connectivity index (χ0v) is 20.6. The number of hydrogen-bond donors (Lipinski definition) is 1. The molecule has 0 bridgehead atoms. The van der Waals surface area contributed by atoms with Gasteiger partial charge in [0.2, 0.25) is 0 Å². The van der Waals surface area contributed by atoms with Gasteiger partial charge in [-0.1, -0.05) is 46.3 Å². The first kappa shape index (κ1) is 30.2. The number of hydrogen-bond acceptors (Lipinski definition) is 5. The van der Waals surface area contributed by atoms with Crippen LogP contribution in [0.3, 0.4) is 0 Å². The van der Waals surface area contributed by atoms with E-state index >= 15 is 0 Å². The maximum absolute atomic E-state index is 9.94. The van der Waals surface area contributed by atoms with Gasteiger partial charge >= 0.3 is 0 Å². The predicted octanol–water partition coefficient (Wildman–Crippen LogP) is 6.63. The number of nitrogens with zero attached hydrogens (tertiary/aromatic N) is 3. The van der Waals surface area contributed by atoms with E-state index < -0.39 is 6.23 Å². The Hall–Kier alpha value is -1.98. The lowest BCUT2D eigenvalue weighted by molar-refractivity contribution is 0.0465. The SMILES string of the molecule is C/C=C/[C@@H]1CCCCO1.C=C.CC.CC1=CN2C(=NC(C)=C(C)C2O)C=N1.CCC. The largest absolute Gasteiger partial charge is 0.374 e. The van der Waals surface area contributed by atoms with Crippen LogP contribution >= 0.6 is 0 Å². The number of amidine groups is 1. The van der Waals surface area contributed by atoms with Gasteiger partial charge in [0.1, 0.15) is 0 Å². The lowest BCUT2D eigenvalue weighted by Crippen LogP contribution is -2.41. The van der Waals surface area contributed by atoms with Crippen molar-refractivity contribution in [2.45, 2.75) is 93.4 Å². The maximum Gasteiger partial charge on any atom is 0.156 e. The van der Waals surface area contributed by atoms with Crippen molar-refractivity contribution in [3.8, 4) is 0 Å². The minimum absolute atomic E-state index is 0.420. The van der Waals surface area contributed by atoms with Crippen LogP contribution in [-0.4, -0.2) is 41.0 Å². The molecule has 5 nitrogen and oxygen atoms in total. The molecule has 0 spiro atoms. The fourth-order valence-corrected chi connectivity index (χ4v) is 2.60. The molecule has 3 aliphatic rings. The summed E-state index contributed by atoms with van der Waals surface area (Å²) in [5.41, 5.74) is 2.62. The van der Waals surface area contributed by atoms with Gasteiger partial charge < -0.3 is 9.84 Å². The van der Waals surface area contributed by atoms with Gasteiger partial charge in [-0.25, -0.2) is 4.99 Å². The summed E-state index contributed by atoms with van der Waals surface area (Å²) in [4.78, 5) is 10.2. The van der Waals surface area contributed by atoms with E-state index in [9.17, 15) is 5.11 Å². The van der Waals surface area contributed by atoms with Crippen molar-refractivity contribution in [2.75, 3.05) is 6.61 Å². The van der Waals surface area contributed by atoms with Crippen molar-refractivity contribution in [2.24, 2.45) is 9.98 Å². The smallest absolute Gasteiger partial charge is 0.156 e. The van der Waals surface area contributed by atoms with Gasteiger partial charge in [0.05, 0.1) is 18.0 Å². The minimum Gasteiger partial charge on any atom is -0.374 e. The van der Waals surface area contributed by atoms with Gasteiger partial charge in [0.25, 0.3) is 0 Å². The number of fused-ring (bicyclic) bond motifs is 1. The molecule has 0 aliphatic carbocycles. The molecule has 1 N–H and O–H groups in total. The van der Waals surface area contributed by atoms with Crippen molar-refractivity contribution in [1.82, 2.24) is 4.90 Å². The molecule has 1 saturated heterocycles. The van der Waals surface area contributed by atoms with Crippen LogP contribution in [0, 0.1) is 0 Å². The zero-order valence-electron chi connectivity index (χ0n) is 20.6. The number of allylic oxidation sites excluding steroid dienone is 3. The van der Waals surface area contributed by atoms with Gasteiger partial charge in [0.15, 0.2) is 12.1 Å². The summed E-state index contributed by atoms with van der Waals surface area (Å²) < 4.78 is 5.43. The van der Waals surface area contributed by atoms with Crippen molar-refractivity contribution in [1.29, 1.82) is 0 Å². The minimum atomic E-state index is -0.607. The highest BCUT2D eigenvalue weighted by molar-refractivity contribution is 6.31. The molecule has 30 heavy (non-hydrogen) atoms. The Labute approximate surface area is 185 Å². The molecule has 0 amide bonds. The highest BCUT2D eigenvalue weighted by Crippen LogP contribution is 2.22. The molecule has 0 aromatic heterocycles. The highest BCUT2D eigenvalue weighted by atomic mass is 16.5. The Kier molecular flexibility index (Phi) is 19.1. The molecule has 0 radical (unpaired) electrons. The van der Waals surface area contributed by atoms with E-state index in [1.807, 2.05) is 41.5 Å². The molecular formula is C25H45N3O2. The topological polar surface area (TPSA) is 57.4 Å². The molecule has 0 saturated carbocycles. The average Bonchev–Trinajstić information content (AvgIpc) is 2.78. The van der Waals surface area contributed by atoms with Crippen LogP contribution in [-0.2, 0) is 4.74 Å². The third-order valence-electron chi connectivity index (χ3n) is 4.10. The van der Waals surface area contributed by atoms with Gasteiger partial charge in [-0.3, -0.25) is 9.89 Å². The van der Waals surface area contributed by atoms with Crippen molar-refractivity contribution in [3.05, 3.63) is 48.5 Å². The Morgan fingerprint density at radius 2 is 1.80 bits per heavy atom. The van der Waals surface area contributed by atoms with E-state index in [-0.39, 0.29) is 0 Å². The summed E-state index contributed by atoms with van der Waals surface area (Å²) in [6, 6.07) is 0. The lowest BCUT2D eigenvalue weighted by atomic mass is 10.1. The summed E-state index contributed by atoms with van der Waals surface area (Å²) in [5.74, 6) is 0.700. The van der Waals surface area contributed by atoms with Crippen molar-refractivity contribution in [3.63, 3.8) is 0 Å². The molecule has 3 rings (SSSR count). The Balaban J connectivity index is 0. The summed E-state index contributed by atoms with van der Waals surface area (Å²) in [7, 11) is 0. The van der Waals surface area contributed by atoms with E-state index in [1.54, 1.807) is 17.3 Å². The third kappa shape index (κ3) is 11.3. The zero-order chi connectivity index (χ0) is 23.5. The lowest BCUT2D eigenvalue weighted by Gasteiger charge is -2.32. The molecular weight excluding hydrogens is 374 g/mol. The Morgan fingerprint density at radius 1 is 1.20 bits per heavy atom.